The predicted octanol–water partition coefficient (Wildman–Crippen LogP) is 1.78. The molecule has 1 atom stereocenters. The summed E-state index contributed by atoms with van der Waals surface area (Å²) in [5.41, 5.74) is 1.45. The Morgan fingerprint density at radius 3 is 2.67 bits per heavy atom. The van der Waals surface area contributed by atoms with Gasteiger partial charge in [-0.25, -0.2) is 0 Å². The summed E-state index contributed by atoms with van der Waals surface area (Å²) in [7, 11) is 1.36. The summed E-state index contributed by atoms with van der Waals surface area (Å²) in [6.45, 7) is 4.64. The van der Waals surface area contributed by atoms with E-state index in [-0.39, 0.29) is 24.3 Å². The van der Waals surface area contributed by atoms with E-state index in [9.17, 15) is 9.59 Å². The third-order valence-electron chi connectivity index (χ3n) is 3.76. The van der Waals surface area contributed by atoms with Gasteiger partial charge < -0.3 is 10.1 Å². The van der Waals surface area contributed by atoms with Crippen LogP contribution in [0.25, 0.3) is 0 Å². The summed E-state index contributed by atoms with van der Waals surface area (Å²) in [4.78, 5) is 23.3. The number of carbonyl (C=O) groups is 2. The third kappa shape index (κ3) is 6.76. The summed E-state index contributed by atoms with van der Waals surface area (Å²) in [6.07, 6.45) is 8.09. The monoisotopic (exact) mass is 296 g/mol. The van der Waals surface area contributed by atoms with Crippen LogP contribution >= 0.6 is 0 Å². The number of nitrogens with one attached hydrogen (secondary N) is 2. The molecule has 0 saturated heterocycles. The molecule has 1 unspecified atom stereocenters. The Morgan fingerprint density at radius 2 is 2.10 bits per heavy atom. The highest BCUT2D eigenvalue weighted by Crippen LogP contribution is 2.19. The maximum absolute atomic E-state index is 11.8. The molecule has 0 aromatic carbocycles. The number of amides is 1. The van der Waals surface area contributed by atoms with E-state index >= 15 is 0 Å². The normalized spacial score (nSPS) is 16.3. The van der Waals surface area contributed by atoms with E-state index in [2.05, 4.69) is 16.7 Å². The molecule has 1 rings (SSSR count). The van der Waals surface area contributed by atoms with Crippen LogP contribution in [0, 0.1) is 5.92 Å². The Hall–Kier alpha value is -1.36. The molecule has 5 nitrogen and oxygen atoms in total. The van der Waals surface area contributed by atoms with Crippen LogP contribution in [0.4, 0.5) is 0 Å². The van der Waals surface area contributed by atoms with Gasteiger partial charge in [-0.15, -0.1) is 0 Å². The Morgan fingerprint density at radius 1 is 1.33 bits per heavy atom. The zero-order valence-corrected chi connectivity index (χ0v) is 13.4. The summed E-state index contributed by atoms with van der Waals surface area (Å²) >= 11 is 0. The second kappa shape index (κ2) is 9.55. The summed E-state index contributed by atoms with van der Waals surface area (Å²) in [5.74, 6) is -0.330. The lowest BCUT2D eigenvalue weighted by atomic mass is 9.97. The Labute approximate surface area is 127 Å². The third-order valence-corrected chi connectivity index (χ3v) is 3.76. The average molecular weight is 296 g/mol. The number of allylic oxidation sites excluding steroid dienone is 1. The minimum absolute atomic E-state index is 0.0812. The van der Waals surface area contributed by atoms with Crippen LogP contribution in [0.3, 0.4) is 0 Å². The Kier molecular flexibility index (Phi) is 8.05. The molecular weight excluding hydrogens is 268 g/mol. The first kappa shape index (κ1) is 17.7. The second-order valence-electron chi connectivity index (χ2n) is 5.83. The first-order valence-corrected chi connectivity index (χ1v) is 7.80. The number of ether oxygens (including phenoxy) is 1. The molecule has 1 aliphatic rings. The van der Waals surface area contributed by atoms with Crippen molar-refractivity contribution in [1.29, 1.82) is 0 Å². The molecule has 0 saturated carbocycles. The fourth-order valence-corrected chi connectivity index (χ4v) is 2.48. The molecular formula is C16H28N2O3. The maximum atomic E-state index is 11.8. The van der Waals surface area contributed by atoms with Crippen LogP contribution in [0.2, 0.25) is 0 Å². The molecule has 0 radical (unpaired) electrons. The summed E-state index contributed by atoms with van der Waals surface area (Å²) < 4.78 is 4.73. The molecule has 0 heterocycles. The van der Waals surface area contributed by atoms with Crippen molar-refractivity contribution in [3.63, 3.8) is 0 Å². The van der Waals surface area contributed by atoms with Crippen molar-refractivity contribution in [1.82, 2.24) is 10.6 Å². The van der Waals surface area contributed by atoms with Crippen molar-refractivity contribution in [3.8, 4) is 0 Å². The zero-order chi connectivity index (χ0) is 15.7. The van der Waals surface area contributed by atoms with E-state index in [4.69, 9.17) is 4.74 Å². The van der Waals surface area contributed by atoms with Gasteiger partial charge in [-0.2, -0.15) is 0 Å². The van der Waals surface area contributed by atoms with Crippen molar-refractivity contribution in [2.45, 2.75) is 52.0 Å². The van der Waals surface area contributed by atoms with E-state index in [1.807, 2.05) is 13.8 Å². The minimum atomic E-state index is -0.443. The number of methoxy groups -OCH3 is 1. The van der Waals surface area contributed by atoms with Crippen molar-refractivity contribution in [2.75, 3.05) is 20.2 Å². The number of rotatable bonds is 8. The van der Waals surface area contributed by atoms with Crippen LogP contribution in [0.15, 0.2) is 11.6 Å². The summed E-state index contributed by atoms with van der Waals surface area (Å²) in [6, 6.07) is -0.443. The molecule has 0 aromatic heterocycles. The highest BCUT2D eigenvalue weighted by molar-refractivity contribution is 5.80. The topological polar surface area (TPSA) is 67.4 Å². The van der Waals surface area contributed by atoms with Gasteiger partial charge in [0.1, 0.15) is 6.04 Å². The van der Waals surface area contributed by atoms with Gasteiger partial charge in [-0.1, -0.05) is 25.5 Å². The van der Waals surface area contributed by atoms with Gasteiger partial charge in [0.25, 0.3) is 0 Å². The highest BCUT2D eigenvalue weighted by Gasteiger charge is 2.22. The van der Waals surface area contributed by atoms with E-state index in [0.29, 0.717) is 6.54 Å². The van der Waals surface area contributed by atoms with Crippen LogP contribution in [0.5, 0.6) is 0 Å². The molecule has 120 valence electrons. The predicted molar refractivity (Wildman–Crippen MR) is 82.8 cm³/mol. The molecule has 0 bridgehead atoms. The molecule has 21 heavy (non-hydrogen) atoms. The smallest absolute Gasteiger partial charge is 0.323 e. The molecule has 2 N–H and O–H groups in total. The van der Waals surface area contributed by atoms with E-state index in [1.54, 1.807) is 0 Å². The van der Waals surface area contributed by atoms with Gasteiger partial charge in [-0.3, -0.25) is 14.9 Å². The lowest BCUT2D eigenvalue weighted by Crippen LogP contribution is -2.46. The first-order valence-electron chi connectivity index (χ1n) is 7.80. The Bertz CT molecular complexity index is 378. The average Bonchev–Trinajstić information content (AvgIpc) is 2.47. The van der Waals surface area contributed by atoms with Crippen LogP contribution in [-0.4, -0.2) is 38.1 Å². The zero-order valence-electron chi connectivity index (χ0n) is 13.4. The lowest BCUT2D eigenvalue weighted by molar-refractivity contribution is -0.144. The molecule has 0 aliphatic heterocycles. The SMILES string of the molecule is COC(=O)C(NCC(=O)NCCC1=CCCCC1)C(C)C. The van der Waals surface area contributed by atoms with Crippen molar-refractivity contribution >= 4 is 11.9 Å². The molecule has 0 fully saturated rings. The van der Waals surface area contributed by atoms with Crippen molar-refractivity contribution in [2.24, 2.45) is 5.92 Å². The lowest BCUT2D eigenvalue weighted by Gasteiger charge is -2.19. The maximum Gasteiger partial charge on any atom is 0.323 e. The molecule has 1 amide bonds. The van der Waals surface area contributed by atoms with Crippen LogP contribution < -0.4 is 10.6 Å². The Balaban J connectivity index is 2.23. The van der Waals surface area contributed by atoms with Crippen LogP contribution in [0.1, 0.15) is 46.0 Å². The van der Waals surface area contributed by atoms with E-state index in [0.717, 1.165) is 12.8 Å². The minimum Gasteiger partial charge on any atom is -0.468 e. The molecule has 1 aliphatic carbocycles. The summed E-state index contributed by atoms with van der Waals surface area (Å²) in [5, 5.41) is 5.84. The van der Waals surface area contributed by atoms with Gasteiger partial charge in [-0.05, 0) is 38.0 Å². The van der Waals surface area contributed by atoms with Gasteiger partial charge in [0.15, 0.2) is 0 Å². The number of hydrogen-bond donors (Lipinski definition) is 2. The number of carbonyl (C=O) groups excluding carboxylic acids is 2. The second-order valence-corrected chi connectivity index (χ2v) is 5.83. The standard InChI is InChI=1S/C16H28N2O3/c1-12(2)15(16(20)21-3)18-11-14(19)17-10-9-13-7-5-4-6-8-13/h7,12,15,18H,4-6,8-11H2,1-3H3,(H,17,19). The fraction of sp³-hybridized carbons (Fsp3) is 0.750. The largest absolute Gasteiger partial charge is 0.468 e. The van der Waals surface area contributed by atoms with Crippen LogP contribution in [-0.2, 0) is 14.3 Å². The quantitative estimate of drug-likeness (QED) is 0.529. The number of esters is 1. The van der Waals surface area contributed by atoms with E-state index in [1.165, 1.54) is 31.9 Å². The fourth-order valence-electron chi connectivity index (χ4n) is 2.48. The van der Waals surface area contributed by atoms with Crippen molar-refractivity contribution < 1.29 is 14.3 Å². The van der Waals surface area contributed by atoms with Gasteiger partial charge in [0, 0.05) is 6.54 Å². The number of hydrogen-bond acceptors (Lipinski definition) is 4. The molecule has 0 spiro atoms. The molecule has 0 aromatic rings. The first-order chi connectivity index (χ1) is 10.0. The highest BCUT2D eigenvalue weighted by atomic mass is 16.5. The van der Waals surface area contributed by atoms with Crippen molar-refractivity contribution in [3.05, 3.63) is 11.6 Å². The van der Waals surface area contributed by atoms with Gasteiger partial charge >= 0.3 is 5.97 Å². The molecule has 5 heteroatoms. The van der Waals surface area contributed by atoms with Gasteiger partial charge in [0.2, 0.25) is 5.91 Å². The van der Waals surface area contributed by atoms with Gasteiger partial charge in [0.05, 0.1) is 13.7 Å². The van der Waals surface area contributed by atoms with E-state index < -0.39 is 6.04 Å².